The lowest BCUT2D eigenvalue weighted by Gasteiger charge is -2.51. The van der Waals surface area contributed by atoms with E-state index in [0.717, 1.165) is 13.8 Å². The average Bonchev–Trinajstić information content (AvgIpc) is 2.56. The molecule has 29 heavy (non-hydrogen) atoms. The third kappa shape index (κ3) is 6.89. The molecule has 0 spiro atoms. The number of amides is 1. The summed E-state index contributed by atoms with van der Waals surface area (Å²) in [5.74, 6) is -3.90. The van der Waals surface area contributed by atoms with Crippen molar-refractivity contribution < 1.29 is 48.0 Å². The van der Waals surface area contributed by atoms with Crippen LogP contribution in [0.5, 0.6) is 0 Å². The molecule has 2 N–H and O–H groups in total. The molecule has 1 amide bonds. The van der Waals surface area contributed by atoms with Gasteiger partial charge in [-0.3, -0.25) is 24.0 Å². The van der Waals surface area contributed by atoms with Crippen molar-refractivity contribution in [1.29, 1.82) is 0 Å². The molecule has 164 valence electrons. The molecule has 12 heteroatoms. The van der Waals surface area contributed by atoms with E-state index in [9.17, 15) is 24.0 Å². The number of esters is 3. The number of nitrogens with one attached hydrogen (secondary N) is 1. The molecule has 1 aliphatic heterocycles. The van der Waals surface area contributed by atoms with Gasteiger partial charge >= 0.3 is 23.9 Å². The minimum atomic E-state index is -1.63. The number of thiol groups is 1. The number of aliphatic carboxylic acids is 1. The first kappa shape index (κ1) is 24.7. The fourth-order valence-corrected chi connectivity index (χ4v) is 3.61. The predicted molar refractivity (Wildman–Crippen MR) is 98.8 cm³/mol. The third-order valence-electron chi connectivity index (χ3n) is 4.12. The zero-order chi connectivity index (χ0) is 22.4. The highest BCUT2D eigenvalue weighted by Gasteiger charge is 2.59. The third-order valence-corrected chi connectivity index (χ3v) is 4.71. The summed E-state index contributed by atoms with van der Waals surface area (Å²) in [6, 6.07) is 0. The first-order chi connectivity index (χ1) is 13.4. The van der Waals surface area contributed by atoms with Crippen molar-refractivity contribution in [3.8, 4) is 0 Å². The molecule has 5 atom stereocenters. The van der Waals surface area contributed by atoms with Crippen LogP contribution in [0.3, 0.4) is 0 Å². The van der Waals surface area contributed by atoms with Crippen molar-refractivity contribution in [3.63, 3.8) is 0 Å². The molecule has 1 fully saturated rings. The SMILES string of the molecule is CC(=O)N[C@]1(CCC(=O)O)[C@H](S)O[C@H](COC(C)=O)[C@@H](OC(C)=O)[C@@H]1OC(C)=O. The molecule has 0 aliphatic carbocycles. The maximum absolute atomic E-state index is 11.9. The van der Waals surface area contributed by atoms with Gasteiger partial charge in [0.1, 0.15) is 23.7 Å². The molecule has 1 rings (SSSR count). The first-order valence-corrected chi connectivity index (χ1v) is 9.22. The van der Waals surface area contributed by atoms with E-state index in [2.05, 4.69) is 17.9 Å². The summed E-state index contributed by atoms with van der Waals surface area (Å²) in [6.45, 7) is 4.21. The number of carboxylic acid groups (broad SMARTS) is 1. The largest absolute Gasteiger partial charge is 0.481 e. The van der Waals surface area contributed by atoms with Crippen LogP contribution in [0.1, 0.15) is 40.5 Å². The van der Waals surface area contributed by atoms with Gasteiger partial charge in [-0.2, -0.15) is 0 Å². The molecule has 0 aromatic carbocycles. The molecule has 1 aliphatic rings. The van der Waals surface area contributed by atoms with E-state index >= 15 is 0 Å². The van der Waals surface area contributed by atoms with Crippen LogP contribution < -0.4 is 5.32 Å². The van der Waals surface area contributed by atoms with Gasteiger partial charge < -0.3 is 29.4 Å². The normalized spacial score (nSPS) is 28.7. The predicted octanol–water partition coefficient (Wildman–Crippen LogP) is -0.193. The van der Waals surface area contributed by atoms with Gasteiger partial charge in [-0.1, -0.05) is 0 Å². The second-order valence-electron chi connectivity index (χ2n) is 6.55. The van der Waals surface area contributed by atoms with Crippen LogP contribution in [-0.2, 0) is 42.9 Å². The van der Waals surface area contributed by atoms with Crippen molar-refractivity contribution >= 4 is 42.4 Å². The fraction of sp³-hybridized carbons (Fsp3) is 0.706. The second-order valence-corrected chi connectivity index (χ2v) is 7.02. The lowest BCUT2D eigenvalue weighted by molar-refractivity contribution is -0.230. The molecule has 0 aromatic rings. The Labute approximate surface area is 172 Å². The standard InChI is InChI=1S/C17H25NO10S/c1-8(19)18-17(6-5-13(23)24)15(27-11(4)22)14(26-10(3)21)12(28-16(17)29)7-25-9(2)20/h12,14-16,29H,5-7H2,1-4H3,(H,18,19)(H,23,24)/t12-,14-,15+,16+,17+/m1/s1. The zero-order valence-electron chi connectivity index (χ0n) is 16.5. The minimum absolute atomic E-state index is 0.244. The molecular weight excluding hydrogens is 410 g/mol. The van der Waals surface area contributed by atoms with Gasteiger partial charge in [-0.25, -0.2) is 0 Å². The summed E-state index contributed by atoms with van der Waals surface area (Å²) < 4.78 is 21.3. The highest BCUT2D eigenvalue weighted by atomic mass is 32.1. The Bertz CT molecular complexity index is 669. The molecule has 0 aromatic heterocycles. The van der Waals surface area contributed by atoms with Crippen LogP contribution in [-0.4, -0.2) is 70.8 Å². The number of rotatable bonds is 8. The molecule has 0 unspecified atom stereocenters. The van der Waals surface area contributed by atoms with Crippen LogP contribution in [0.4, 0.5) is 0 Å². The number of carbonyl (C=O) groups is 5. The summed E-state index contributed by atoms with van der Waals surface area (Å²) in [7, 11) is 0. The molecule has 0 radical (unpaired) electrons. The van der Waals surface area contributed by atoms with Crippen molar-refractivity contribution in [2.24, 2.45) is 0 Å². The van der Waals surface area contributed by atoms with Gasteiger partial charge in [0.05, 0.1) is 0 Å². The van der Waals surface area contributed by atoms with E-state index < -0.39 is 65.5 Å². The second kappa shape index (κ2) is 10.4. The molecule has 0 saturated carbocycles. The number of carbonyl (C=O) groups excluding carboxylic acids is 4. The Morgan fingerprint density at radius 1 is 1.03 bits per heavy atom. The Balaban J connectivity index is 3.47. The Hall–Kier alpha value is -2.34. The van der Waals surface area contributed by atoms with E-state index in [-0.39, 0.29) is 13.0 Å². The summed E-state index contributed by atoms with van der Waals surface area (Å²) in [5, 5.41) is 11.7. The maximum Gasteiger partial charge on any atom is 0.303 e. The monoisotopic (exact) mass is 435 g/mol. The zero-order valence-corrected chi connectivity index (χ0v) is 17.4. The topological polar surface area (TPSA) is 155 Å². The van der Waals surface area contributed by atoms with Crippen LogP contribution >= 0.6 is 12.6 Å². The van der Waals surface area contributed by atoms with Gasteiger partial charge in [0.2, 0.25) is 5.91 Å². The lowest BCUT2D eigenvalue weighted by atomic mass is 9.80. The van der Waals surface area contributed by atoms with Crippen molar-refractivity contribution in [2.45, 2.75) is 69.8 Å². The summed E-state index contributed by atoms with van der Waals surface area (Å²) in [5.41, 5.74) is -2.81. The quantitative estimate of drug-likeness (QED) is 0.265. The lowest BCUT2D eigenvalue weighted by Crippen LogP contribution is -2.73. The van der Waals surface area contributed by atoms with Crippen molar-refractivity contribution in [2.75, 3.05) is 6.61 Å². The summed E-state index contributed by atoms with van der Waals surface area (Å²) in [4.78, 5) is 57.7. The van der Waals surface area contributed by atoms with Gasteiger partial charge in [-0.05, 0) is 6.42 Å². The fourth-order valence-electron chi connectivity index (χ4n) is 3.11. The van der Waals surface area contributed by atoms with E-state index in [1.165, 1.54) is 13.8 Å². The first-order valence-electron chi connectivity index (χ1n) is 8.71. The molecule has 11 nitrogen and oxygen atoms in total. The molecular formula is C17H25NO10S. The molecule has 1 heterocycles. The Kier molecular flexibility index (Phi) is 8.89. The van der Waals surface area contributed by atoms with Crippen molar-refractivity contribution in [3.05, 3.63) is 0 Å². The average molecular weight is 435 g/mol. The minimum Gasteiger partial charge on any atom is -0.481 e. The number of hydrogen-bond donors (Lipinski definition) is 3. The van der Waals surface area contributed by atoms with E-state index in [4.69, 9.17) is 24.1 Å². The highest BCUT2D eigenvalue weighted by molar-refractivity contribution is 7.80. The van der Waals surface area contributed by atoms with Gasteiger partial charge in [0.15, 0.2) is 12.2 Å². The van der Waals surface area contributed by atoms with Crippen LogP contribution in [0.2, 0.25) is 0 Å². The van der Waals surface area contributed by atoms with Crippen molar-refractivity contribution in [1.82, 2.24) is 5.32 Å². The Morgan fingerprint density at radius 2 is 1.62 bits per heavy atom. The summed E-state index contributed by atoms with van der Waals surface area (Å²) >= 11 is 4.33. The molecule has 1 saturated heterocycles. The number of ether oxygens (including phenoxy) is 4. The number of carboxylic acids is 1. The van der Waals surface area contributed by atoms with Crippen LogP contribution in [0.15, 0.2) is 0 Å². The van der Waals surface area contributed by atoms with Gasteiger partial charge in [0, 0.05) is 34.1 Å². The smallest absolute Gasteiger partial charge is 0.303 e. The molecule has 0 bridgehead atoms. The van der Waals surface area contributed by atoms with E-state index in [1.807, 2.05) is 0 Å². The van der Waals surface area contributed by atoms with Crippen LogP contribution in [0.25, 0.3) is 0 Å². The van der Waals surface area contributed by atoms with E-state index in [0.29, 0.717) is 0 Å². The highest BCUT2D eigenvalue weighted by Crippen LogP contribution is 2.39. The maximum atomic E-state index is 11.9. The van der Waals surface area contributed by atoms with E-state index in [1.54, 1.807) is 0 Å². The van der Waals surface area contributed by atoms with Crippen LogP contribution in [0, 0.1) is 0 Å². The van der Waals surface area contributed by atoms with Gasteiger partial charge in [-0.15, -0.1) is 12.6 Å². The number of hydrogen-bond acceptors (Lipinski definition) is 10. The summed E-state index contributed by atoms with van der Waals surface area (Å²) in [6.07, 6.45) is -4.42. The van der Waals surface area contributed by atoms with Gasteiger partial charge in [0.25, 0.3) is 0 Å². The Morgan fingerprint density at radius 3 is 2.07 bits per heavy atom.